The number of hydrogen-bond donors (Lipinski definition) is 1. The average molecular weight is 207 g/mol. The first kappa shape index (κ1) is 11.2. The molecule has 0 aliphatic carbocycles. The van der Waals surface area contributed by atoms with Crippen molar-refractivity contribution in [1.82, 2.24) is 0 Å². The van der Waals surface area contributed by atoms with E-state index < -0.39 is 5.97 Å². The van der Waals surface area contributed by atoms with E-state index in [1.165, 1.54) is 11.8 Å². The van der Waals surface area contributed by atoms with Crippen LogP contribution >= 0.6 is 0 Å². The number of carboxylic acids is 1. The quantitative estimate of drug-likeness (QED) is 0.812. The third-order valence-electron chi connectivity index (χ3n) is 2.13. The lowest BCUT2D eigenvalue weighted by atomic mass is 10.1. The van der Waals surface area contributed by atoms with Crippen molar-refractivity contribution in [3.8, 4) is 0 Å². The Kier molecular flexibility index (Phi) is 3.44. The van der Waals surface area contributed by atoms with Gasteiger partial charge in [0, 0.05) is 19.7 Å². The van der Waals surface area contributed by atoms with Gasteiger partial charge in [0.2, 0.25) is 5.91 Å². The molecular weight excluding hydrogens is 194 g/mol. The molecule has 0 aromatic heterocycles. The molecule has 15 heavy (non-hydrogen) atoms. The van der Waals surface area contributed by atoms with E-state index in [-0.39, 0.29) is 12.3 Å². The van der Waals surface area contributed by atoms with Gasteiger partial charge in [0.15, 0.2) is 0 Å². The first-order valence-electron chi connectivity index (χ1n) is 4.55. The predicted octanol–water partition coefficient (Wildman–Crippen LogP) is 1.30. The van der Waals surface area contributed by atoms with E-state index in [9.17, 15) is 9.59 Å². The summed E-state index contributed by atoms with van der Waals surface area (Å²) in [5.74, 6) is -0.958. The van der Waals surface area contributed by atoms with Gasteiger partial charge in [0.1, 0.15) is 0 Å². The largest absolute Gasteiger partial charge is 0.481 e. The second kappa shape index (κ2) is 4.59. The van der Waals surface area contributed by atoms with Crippen molar-refractivity contribution in [3.63, 3.8) is 0 Å². The minimum atomic E-state index is -0.877. The summed E-state index contributed by atoms with van der Waals surface area (Å²) in [6.45, 7) is 1.46. The van der Waals surface area contributed by atoms with E-state index in [1.807, 2.05) is 0 Å². The van der Waals surface area contributed by atoms with E-state index in [0.29, 0.717) is 11.3 Å². The summed E-state index contributed by atoms with van der Waals surface area (Å²) >= 11 is 0. The maximum absolute atomic E-state index is 11.1. The first-order valence-corrected chi connectivity index (χ1v) is 4.55. The highest BCUT2D eigenvalue weighted by Gasteiger charge is 2.07. The molecule has 4 nitrogen and oxygen atoms in total. The van der Waals surface area contributed by atoms with E-state index in [1.54, 1.807) is 31.3 Å². The Morgan fingerprint density at radius 3 is 2.60 bits per heavy atom. The minimum Gasteiger partial charge on any atom is -0.481 e. The van der Waals surface area contributed by atoms with Gasteiger partial charge < -0.3 is 10.0 Å². The number of benzene rings is 1. The zero-order valence-corrected chi connectivity index (χ0v) is 8.73. The number of rotatable bonds is 3. The molecule has 0 bridgehead atoms. The van der Waals surface area contributed by atoms with Gasteiger partial charge in [-0.05, 0) is 17.7 Å². The third-order valence-corrected chi connectivity index (χ3v) is 2.13. The summed E-state index contributed by atoms with van der Waals surface area (Å²) < 4.78 is 0. The Morgan fingerprint density at radius 1 is 1.40 bits per heavy atom. The summed E-state index contributed by atoms with van der Waals surface area (Å²) in [7, 11) is 1.65. The summed E-state index contributed by atoms with van der Waals surface area (Å²) in [6, 6.07) is 6.95. The Balaban J connectivity index is 2.92. The number of anilines is 1. The van der Waals surface area contributed by atoms with Crippen LogP contribution in [0.2, 0.25) is 0 Å². The van der Waals surface area contributed by atoms with Crippen LogP contribution in [0.5, 0.6) is 0 Å². The van der Waals surface area contributed by atoms with E-state index >= 15 is 0 Å². The lowest BCUT2D eigenvalue weighted by Gasteiger charge is -2.15. The standard InChI is InChI=1S/C11H13NO3/c1-8(13)12(2)10-5-3-4-9(6-10)7-11(14)15/h3-6H,7H2,1-2H3,(H,14,15). The number of carbonyl (C=O) groups excluding carboxylic acids is 1. The smallest absolute Gasteiger partial charge is 0.307 e. The molecule has 1 rings (SSSR count). The van der Waals surface area contributed by atoms with Crippen molar-refractivity contribution in [1.29, 1.82) is 0 Å². The fourth-order valence-corrected chi connectivity index (χ4v) is 1.23. The SMILES string of the molecule is CC(=O)N(C)c1cccc(CC(=O)O)c1. The zero-order valence-electron chi connectivity index (χ0n) is 8.73. The van der Waals surface area contributed by atoms with Crippen LogP contribution in [0, 0.1) is 0 Å². The normalized spacial score (nSPS) is 9.73. The molecule has 0 unspecified atom stereocenters. The molecular formula is C11H13NO3. The van der Waals surface area contributed by atoms with E-state index in [0.717, 1.165) is 0 Å². The highest BCUT2D eigenvalue weighted by Crippen LogP contribution is 2.15. The average Bonchev–Trinajstić information content (AvgIpc) is 2.16. The van der Waals surface area contributed by atoms with Crippen LogP contribution < -0.4 is 4.90 Å². The summed E-state index contributed by atoms with van der Waals surface area (Å²) in [5.41, 5.74) is 1.40. The van der Waals surface area contributed by atoms with Crippen LogP contribution in [0.15, 0.2) is 24.3 Å². The Hall–Kier alpha value is -1.84. The summed E-state index contributed by atoms with van der Waals surface area (Å²) in [4.78, 5) is 23.1. The predicted molar refractivity (Wildman–Crippen MR) is 56.9 cm³/mol. The van der Waals surface area contributed by atoms with Crippen molar-refractivity contribution >= 4 is 17.6 Å². The van der Waals surface area contributed by atoms with E-state index in [4.69, 9.17) is 5.11 Å². The Bertz CT molecular complexity index is 387. The van der Waals surface area contributed by atoms with Gasteiger partial charge in [-0.1, -0.05) is 12.1 Å². The number of amides is 1. The summed E-state index contributed by atoms with van der Waals surface area (Å²) in [6.07, 6.45) is -0.0282. The fourth-order valence-electron chi connectivity index (χ4n) is 1.23. The molecule has 0 aliphatic heterocycles. The lowest BCUT2D eigenvalue weighted by Crippen LogP contribution is -2.22. The maximum atomic E-state index is 11.1. The molecule has 0 saturated carbocycles. The van der Waals surface area contributed by atoms with Crippen LogP contribution in [0.1, 0.15) is 12.5 Å². The molecule has 1 amide bonds. The monoisotopic (exact) mass is 207 g/mol. The zero-order chi connectivity index (χ0) is 11.4. The number of nitrogens with zero attached hydrogens (tertiary/aromatic N) is 1. The molecule has 0 heterocycles. The molecule has 0 atom stereocenters. The van der Waals surface area contributed by atoms with Gasteiger partial charge in [-0.2, -0.15) is 0 Å². The topological polar surface area (TPSA) is 57.6 Å². The Morgan fingerprint density at radius 2 is 2.07 bits per heavy atom. The maximum Gasteiger partial charge on any atom is 0.307 e. The molecule has 1 aromatic rings. The lowest BCUT2D eigenvalue weighted by molar-refractivity contribution is -0.136. The summed E-state index contributed by atoms with van der Waals surface area (Å²) in [5, 5.41) is 8.63. The number of carboxylic acid groups (broad SMARTS) is 1. The number of aliphatic carboxylic acids is 1. The molecule has 0 aliphatic rings. The molecule has 0 spiro atoms. The number of hydrogen-bond acceptors (Lipinski definition) is 2. The van der Waals surface area contributed by atoms with Crippen molar-refractivity contribution in [2.75, 3.05) is 11.9 Å². The van der Waals surface area contributed by atoms with Crippen LogP contribution in [0.3, 0.4) is 0 Å². The molecule has 4 heteroatoms. The van der Waals surface area contributed by atoms with Crippen molar-refractivity contribution in [2.24, 2.45) is 0 Å². The third kappa shape index (κ3) is 3.09. The molecule has 0 fully saturated rings. The first-order chi connectivity index (χ1) is 7.00. The van der Waals surface area contributed by atoms with Gasteiger partial charge in [-0.3, -0.25) is 9.59 Å². The van der Waals surface area contributed by atoms with Gasteiger partial charge in [-0.15, -0.1) is 0 Å². The van der Waals surface area contributed by atoms with Gasteiger partial charge in [0.25, 0.3) is 0 Å². The van der Waals surface area contributed by atoms with Crippen molar-refractivity contribution in [3.05, 3.63) is 29.8 Å². The van der Waals surface area contributed by atoms with Crippen LogP contribution in [-0.4, -0.2) is 24.0 Å². The van der Waals surface area contributed by atoms with Crippen LogP contribution in [-0.2, 0) is 16.0 Å². The highest BCUT2D eigenvalue weighted by atomic mass is 16.4. The van der Waals surface area contributed by atoms with Gasteiger partial charge in [0.05, 0.1) is 6.42 Å². The molecule has 1 N–H and O–H groups in total. The second-order valence-electron chi connectivity index (χ2n) is 3.32. The second-order valence-corrected chi connectivity index (χ2v) is 3.32. The molecule has 0 radical (unpaired) electrons. The van der Waals surface area contributed by atoms with E-state index in [2.05, 4.69) is 0 Å². The molecule has 1 aromatic carbocycles. The van der Waals surface area contributed by atoms with Crippen molar-refractivity contribution in [2.45, 2.75) is 13.3 Å². The minimum absolute atomic E-state index is 0.0282. The number of carbonyl (C=O) groups is 2. The van der Waals surface area contributed by atoms with Crippen LogP contribution in [0.4, 0.5) is 5.69 Å². The highest BCUT2D eigenvalue weighted by molar-refractivity contribution is 5.91. The fraction of sp³-hybridized carbons (Fsp3) is 0.273. The van der Waals surface area contributed by atoms with Crippen molar-refractivity contribution < 1.29 is 14.7 Å². The van der Waals surface area contributed by atoms with Gasteiger partial charge >= 0.3 is 5.97 Å². The Labute approximate surface area is 88.1 Å². The van der Waals surface area contributed by atoms with Gasteiger partial charge in [-0.25, -0.2) is 0 Å². The van der Waals surface area contributed by atoms with Crippen LogP contribution in [0.25, 0.3) is 0 Å². The molecule has 0 saturated heterocycles. The molecule has 80 valence electrons.